The van der Waals surface area contributed by atoms with E-state index in [-0.39, 0.29) is 5.92 Å². The van der Waals surface area contributed by atoms with Gasteiger partial charge in [0.25, 0.3) is 0 Å². The van der Waals surface area contributed by atoms with E-state index in [1.807, 2.05) is 22.2 Å². The molecule has 0 radical (unpaired) electrons. The van der Waals surface area contributed by atoms with Crippen molar-refractivity contribution in [3.63, 3.8) is 0 Å². The van der Waals surface area contributed by atoms with Gasteiger partial charge in [-0.05, 0) is 18.8 Å². The Hall–Kier alpha value is -1.16. The van der Waals surface area contributed by atoms with Gasteiger partial charge in [0, 0.05) is 23.7 Å². The molecule has 96 valence electrons. The molecule has 2 aromatic heterocycles. The Kier molecular flexibility index (Phi) is 3.20. The van der Waals surface area contributed by atoms with Crippen LogP contribution in [0.25, 0.3) is 4.96 Å². The largest absolute Gasteiger partial charge is 0.299 e. The van der Waals surface area contributed by atoms with Crippen molar-refractivity contribution >= 4 is 22.1 Å². The molecule has 2 heterocycles. The first kappa shape index (κ1) is 11.9. The number of hydrogen-bond acceptors (Lipinski definition) is 3. The van der Waals surface area contributed by atoms with Crippen molar-refractivity contribution in [1.82, 2.24) is 9.38 Å². The smallest absolute Gasteiger partial charge is 0.193 e. The van der Waals surface area contributed by atoms with Gasteiger partial charge >= 0.3 is 0 Å². The van der Waals surface area contributed by atoms with Crippen LogP contribution >= 0.6 is 11.3 Å². The van der Waals surface area contributed by atoms with Gasteiger partial charge in [-0.25, -0.2) is 4.98 Å². The molecule has 3 nitrogen and oxygen atoms in total. The zero-order valence-corrected chi connectivity index (χ0v) is 11.4. The minimum Gasteiger partial charge on any atom is -0.299 e. The van der Waals surface area contributed by atoms with Gasteiger partial charge in [-0.2, -0.15) is 0 Å². The summed E-state index contributed by atoms with van der Waals surface area (Å²) in [5, 5.41) is 2.01. The predicted molar refractivity (Wildman–Crippen MR) is 72.9 cm³/mol. The molecule has 0 saturated heterocycles. The van der Waals surface area contributed by atoms with Crippen LogP contribution in [0.4, 0.5) is 0 Å². The first-order valence-corrected chi connectivity index (χ1v) is 7.54. The number of carbonyl (C=O) groups excluding carboxylic acids is 1. The van der Waals surface area contributed by atoms with E-state index in [1.165, 1.54) is 12.8 Å². The minimum atomic E-state index is 0.279. The average molecular weight is 262 g/mol. The van der Waals surface area contributed by atoms with Gasteiger partial charge in [0.05, 0.1) is 12.1 Å². The number of nitrogens with zero attached hydrogens (tertiary/aromatic N) is 2. The lowest BCUT2D eigenvalue weighted by Crippen LogP contribution is -2.22. The fourth-order valence-corrected chi connectivity index (χ4v) is 3.49. The Labute approximate surface area is 111 Å². The fourth-order valence-electron chi connectivity index (χ4n) is 2.77. The summed E-state index contributed by atoms with van der Waals surface area (Å²) in [4.78, 5) is 17.7. The molecule has 0 aromatic carbocycles. The van der Waals surface area contributed by atoms with Crippen LogP contribution in [-0.4, -0.2) is 15.2 Å². The Bertz CT molecular complexity index is 520. The van der Waals surface area contributed by atoms with Gasteiger partial charge in [0.2, 0.25) is 0 Å². The summed E-state index contributed by atoms with van der Waals surface area (Å²) in [6.07, 6.45) is 9.03. The SMILES string of the molecule is CC1CCC(C(=O)Cc2cn3ccsc3n2)CC1. The number of hydrogen-bond donors (Lipinski definition) is 0. The number of aromatic nitrogens is 2. The molecular weight excluding hydrogens is 244 g/mol. The van der Waals surface area contributed by atoms with Crippen LogP contribution in [-0.2, 0) is 11.2 Å². The summed E-state index contributed by atoms with van der Waals surface area (Å²) in [6.45, 7) is 2.28. The van der Waals surface area contributed by atoms with Crippen molar-refractivity contribution in [1.29, 1.82) is 0 Å². The molecule has 1 saturated carbocycles. The third-order valence-corrected chi connectivity index (χ3v) is 4.74. The number of imidazole rings is 1. The Morgan fingerprint density at radius 3 is 2.94 bits per heavy atom. The summed E-state index contributed by atoms with van der Waals surface area (Å²) >= 11 is 1.61. The van der Waals surface area contributed by atoms with E-state index in [4.69, 9.17) is 0 Å². The predicted octanol–water partition coefficient (Wildman–Crippen LogP) is 3.33. The maximum atomic E-state index is 12.2. The Balaban J connectivity index is 1.65. The normalized spacial score (nSPS) is 24.5. The molecule has 1 aliphatic carbocycles. The molecule has 2 aromatic rings. The molecule has 1 aliphatic rings. The van der Waals surface area contributed by atoms with Crippen LogP contribution in [0.15, 0.2) is 17.8 Å². The molecule has 0 aliphatic heterocycles. The van der Waals surface area contributed by atoms with E-state index in [0.29, 0.717) is 12.2 Å². The summed E-state index contributed by atoms with van der Waals surface area (Å²) in [5.41, 5.74) is 0.922. The first-order valence-electron chi connectivity index (χ1n) is 6.66. The fraction of sp³-hybridized carbons (Fsp3) is 0.571. The quantitative estimate of drug-likeness (QED) is 0.850. The third kappa shape index (κ3) is 2.34. The molecule has 18 heavy (non-hydrogen) atoms. The van der Waals surface area contributed by atoms with Gasteiger partial charge in [0.15, 0.2) is 4.96 Å². The highest BCUT2D eigenvalue weighted by Gasteiger charge is 2.24. The molecule has 0 bridgehead atoms. The lowest BCUT2D eigenvalue weighted by Gasteiger charge is -2.24. The van der Waals surface area contributed by atoms with Crippen molar-refractivity contribution in [3.8, 4) is 0 Å². The zero-order chi connectivity index (χ0) is 12.5. The van der Waals surface area contributed by atoms with E-state index in [9.17, 15) is 4.79 Å². The van der Waals surface area contributed by atoms with E-state index in [2.05, 4.69) is 11.9 Å². The van der Waals surface area contributed by atoms with E-state index < -0.39 is 0 Å². The summed E-state index contributed by atoms with van der Waals surface area (Å²) in [6, 6.07) is 0. The second-order valence-corrected chi connectivity index (χ2v) is 6.30. The van der Waals surface area contributed by atoms with Crippen molar-refractivity contribution in [2.75, 3.05) is 0 Å². The second-order valence-electron chi connectivity index (χ2n) is 5.42. The highest BCUT2D eigenvalue weighted by Crippen LogP contribution is 2.29. The van der Waals surface area contributed by atoms with Crippen LogP contribution in [0.5, 0.6) is 0 Å². The van der Waals surface area contributed by atoms with Crippen molar-refractivity contribution in [3.05, 3.63) is 23.5 Å². The molecule has 0 unspecified atom stereocenters. The third-order valence-electron chi connectivity index (χ3n) is 3.97. The summed E-state index contributed by atoms with van der Waals surface area (Å²) < 4.78 is 2.00. The zero-order valence-electron chi connectivity index (χ0n) is 10.6. The van der Waals surface area contributed by atoms with Crippen molar-refractivity contribution < 1.29 is 4.79 Å². The number of fused-ring (bicyclic) bond motifs is 1. The maximum Gasteiger partial charge on any atom is 0.193 e. The van der Waals surface area contributed by atoms with E-state index >= 15 is 0 Å². The number of thiazole rings is 1. The summed E-state index contributed by atoms with van der Waals surface area (Å²) in [7, 11) is 0. The lowest BCUT2D eigenvalue weighted by atomic mass is 9.80. The number of rotatable bonds is 3. The molecule has 4 heteroatoms. The Morgan fingerprint density at radius 1 is 1.44 bits per heavy atom. The molecule has 0 spiro atoms. The number of Topliss-reactive ketones (excluding diaryl/α,β-unsaturated/α-hetero) is 1. The van der Waals surface area contributed by atoms with Crippen LogP contribution in [0, 0.1) is 11.8 Å². The van der Waals surface area contributed by atoms with E-state index in [0.717, 1.165) is 29.4 Å². The van der Waals surface area contributed by atoms with Crippen LogP contribution in [0.3, 0.4) is 0 Å². The van der Waals surface area contributed by atoms with Gasteiger partial charge in [-0.15, -0.1) is 11.3 Å². The van der Waals surface area contributed by atoms with E-state index in [1.54, 1.807) is 11.3 Å². The van der Waals surface area contributed by atoms with Gasteiger partial charge in [-0.3, -0.25) is 9.20 Å². The molecule has 3 rings (SSSR count). The van der Waals surface area contributed by atoms with Crippen LogP contribution < -0.4 is 0 Å². The van der Waals surface area contributed by atoms with Crippen molar-refractivity contribution in [2.24, 2.45) is 11.8 Å². The average Bonchev–Trinajstić information content (AvgIpc) is 2.90. The second kappa shape index (κ2) is 4.84. The van der Waals surface area contributed by atoms with Crippen LogP contribution in [0.1, 0.15) is 38.3 Å². The first-order chi connectivity index (χ1) is 8.72. The molecule has 0 atom stereocenters. The summed E-state index contributed by atoms with van der Waals surface area (Å²) in [5.74, 6) is 1.46. The number of ketones is 1. The standard InChI is InChI=1S/C14H18N2OS/c1-10-2-4-11(5-3-10)13(17)8-12-9-16-6-7-18-14(16)15-12/h6-7,9-11H,2-5,8H2,1H3. The topological polar surface area (TPSA) is 34.4 Å². The maximum absolute atomic E-state index is 12.2. The monoisotopic (exact) mass is 262 g/mol. The Morgan fingerprint density at radius 2 is 2.22 bits per heavy atom. The highest BCUT2D eigenvalue weighted by atomic mass is 32.1. The van der Waals surface area contributed by atoms with Crippen LogP contribution in [0.2, 0.25) is 0 Å². The molecule has 0 amide bonds. The number of carbonyl (C=O) groups is 1. The van der Waals surface area contributed by atoms with Gasteiger partial charge in [-0.1, -0.05) is 19.8 Å². The highest BCUT2D eigenvalue weighted by molar-refractivity contribution is 7.15. The molecule has 1 fully saturated rings. The molecular formula is C14H18N2OS. The lowest BCUT2D eigenvalue weighted by molar-refractivity contribution is -0.123. The molecule has 0 N–H and O–H groups in total. The minimum absolute atomic E-state index is 0.279. The van der Waals surface area contributed by atoms with Crippen molar-refractivity contribution in [2.45, 2.75) is 39.0 Å². The van der Waals surface area contributed by atoms with Gasteiger partial charge in [0.1, 0.15) is 5.78 Å². The van der Waals surface area contributed by atoms with Gasteiger partial charge < -0.3 is 0 Å².